The summed E-state index contributed by atoms with van der Waals surface area (Å²) in [6, 6.07) is 15.2. The molecule has 24 heavy (non-hydrogen) atoms. The van der Waals surface area contributed by atoms with Gasteiger partial charge in [0.25, 0.3) is 5.91 Å². The molecule has 0 bridgehead atoms. The standard InChI is InChI=1S/C18H22N4O2/c1-22(2)16-8-4-14(5-9-16)12-20-21-18(23)13-19-15-6-10-17(24-3)11-7-15/h4-12,19H,13H2,1-3H3,(H,21,23)/b20-12+. The lowest BCUT2D eigenvalue weighted by Gasteiger charge is -2.11. The highest BCUT2D eigenvalue weighted by Crippen LogP contribution is 2.14. The minimum atomic E-state index is -0.216. The van der Waals surface area contributed by atoms with Crippen LogP contribution in [0.4, 0.5) is 11.4 Å². The normalized spacial score (nSPS) is 10.5. The molecule has 0 heterocycles. The molecule has 6 heteroatoms. The number of benzene rings is 2. The third kappa shape index (κ3) is 5.31. The smallest absolute Gasteiger partial charge is 0.259 e. The molecule has 2 rings (SSSR count). The highest BCUT2D eigenvalue weighted by molar-refractivity contribution is 5.84. The van der Waals surface area contributed by atoms with E-state index in [1.54, 1.807) is 13.3 Å². The molecule has 0 aromatic heterocycles. The number of methoxy groups -OCH3 is 1. The fourth-order valence-electron chi connectivity index (χ4n) is 1.97. The largest absolute Gasteiger partial charge is 0.497 e. The number of anilines is 2. The van der Waals surface area contributed by atoms with E-state index in [0.29, 0.717) is 0 Å². The predicted molar refractivity (Wildman–Crippen MR) is 98.0 cm³/mol. The van der Waals surface area contributed by atoms with E-state index in [1.165, 1.54) is 0 Å². The Morgan fingerprint density at radius 3 is 2.38 bits per heavy atom. The number of hydrogen-bond acceptors (Lipinski definition) is 5. The summed E-state index contributed by atoms with van der Waals surface area (Å²) >= 11 is 0. The van der Waals surface area contributed by atoms with Gasteiger partial charge in [0.05, 0.1) is 19.9 Å². The third-order valence-corrected chi connectivity index (χ3v) is 3.36. The molecule has 1 amide bonds. The fraction of sp³-hybridized carbons (Fsp3) is 0.222. The van der Waals surface area contributed by atoms with E-state index in [2.05, 4.69) is 15.8 Å². The maximum absolute atomic E-state index is 11.8. The Labute approximate surface area is 142 Å². The molecular formula is C18H22N4O2. The molecule has 0 aliphatic rings. The topological polar surface area (TPSA) is 66.0 Å². The van der Waals surface area contributed by atoms with Gasteiger partial charge in [-0.1, -0.05) is 12.1 Å². The van der Waals surface area contributed by atoms with Gasteiger partial charge < -0.3 is 15.0 Å². The van der Waals surface area contributed by atoms with Gasteiger partial charge in [-0.15, -0.1) is 0 Å². The number of carbonyl (C=O) groups is 1. The van der Waals surface area contributed by atoms with Crippen molar-refractivity contribution in [3.8, 4) is 5.75 Å². The van der Waals surface area contributed by atoms with Crippen molar-refractivity contribution in [3.63, 3.8) is 0 Å². The van der Waals surface area contributed by atoms with Crippen LogP contribution in [0.25, 0.3) is 0 Å². The number of hydrazone groups is 1. The van der Waals surface area contributed by atoms with Crippen molar-refractivity contribution in [2.75, 3.05) is 38.0 Å². The predicted octanol–water partition coefficient (Wildman–Crippen LogP) is 2.32. The maximum atomic E-state index is 11.8. The van der Waals surface area contributed by atoms with E-state index in [1.807, 2.05) is 67.5 Å². The quantitative estimate of drug-likeness (QED) is 0.605. The second-order valence-electron chi connectivity index (χ2n) is 5.36. The van der Waals surface area contributed by atoms with Crippen molar-refractivity contribution in [3.05, 3.63) is 54.1 Å². The van der Waals surface area contributed by atoms with Crippen molar-refractivity contribution in [2.24, 2.45) is 5.10 Å². The Bertz CT molecular complexity index is 679. The number of rotatable bonds is 7. The van der Waals surface area contributed by atoms with Gasteiger partial charge in [0.2, 0.25) is 0 Å². The van der Waals surface area contributed by atoms with Crippen molar-refractivity contribution >= 4 is 23.5 Å². The van der Waals surface area contributed by atoms with Gasteiger partial charge in [0, 0.05) is 25.5 Å². The van der Waals surface area contributed by atoms with E-state index < -0.39 is 0 Å². The molecule has 2 aromatic rings. The van der Waals surface area contributed by atoms with Gasteiger partial charge >= 0.3 is 0 Å². The van der Waals surface area contributed by atoms with E-state index in [9.17, 15) is 4.79 Å². The summed E-state index contributed by atoms with van der Waals surface area (Å²) < 4.78 is 5.08. The van der Waals surface area contributed by atoms with Crippen molar-refractivity contribution < 1.29 is 9.53 Å². The summed E-state index contributed by atoms with van der Waals surface area (Å²) in [4.78, 5) is 13.8. The molecular weight excluding hydrogens is 304 g/mol. The van der Waals surface area contributed by atoms with Crippen LogP contribution in [0.3, 0.4) is 0 Å². The van der Waals surface area contributed by atoms with Crippen LogP contribution in [-0.2, 0) is 4.79 Å². The zero-order valence-electron chi connectivity index (χ0n) is 14.1. The lowest BCUT2D eigenvalue weighted by Crippen LogP contribution is -2.25. The third-order valence-electron chi connectivity index (χ3n) is 3.36. The monoisotopic (exact) mass is 326 g/mol. The molecule has 0 unspecified atom stereocenters. The average molecular weight is 326 g/mol. The lowest BCUT2D eigenvalue weighted by atomic mass is 10.2. The zero-order chi connectivity index (χ0) is 17.4. The molecule has 0 aliphatic carbocycles. The fourth-order valence-corrected chi connectivity index (χ4v) is 1.97. The summed E-state index contributed by atoms with van der Waals surface area (Å²) in [5.41, 5.74) is 5.37. The van der Waals surface area contributed by atoms with Crippen LogP contribution in [0.15, 0.2) is 53.6 Å². The first kappa shape index (κ1) is 17.3. The van der Waals surface area contributed by atoms with Gasteiger partial charge in [-0.2, -0.15) is 5.10 Å². The number of carbonyl (C=O) groups excluding carboxylic acids is 1. The number of nitrogens with zero attached hydrogens (tertiary/aromatic N) is 2. The van der Waals surface area contributed by atoms with Crippen LogP contribution in [-0.4, -0.2) is 39.9 Å². The molecule has 126 valence electrons. The van der Waals surface area contributed by atoms with Crippen molar-refractivity contribution in [1.82, 2.24) is 5.43 Å². The molecule has 0 aliphatic heterocycles. The molecule has 0 atom stereocenters. The molecule has 0 saturated carbocycles. The summed E-state index contributed by atoms with van der Waals surface area (Å²) in [5.74, 6) is 0.557. The van der Waals surface area contributed by atoms with Crippen LogP contribution in [0.2, 0.25) is 0 Å². The van der Waals surface area contributed by atoms with Crippen molar-refractivity contribution in [2.45, 2.75) is 0 Å². The van der Waals surface area contributed by atoms with Gasteiger partial charge in [0.15, 0.2) is 0 Å². The van der Waals surface area contributed by atoms with Gasteiger partial charge in [-0.25, -0.2) is 5.43 Å². The second kappa shape index (κ2) is 8.57. The van der Waals surface area contributed by atoms with E-state index in [4.69, 9.17) is 4.74 Å². The Kier molecular flexibility index (Phi) is 6.19. The van der Waals surface area contributed by atoms with Crippen LogP contribution >= 0.6 is 0 Å². The Morgan fingerprint density at radius 2 is 1.79 bits per heavy atom. The minimum Gasteiger partial charge on any atom is -0.497 e. The number of hydrogen-bond donors (Lipinski definition) is 2. The molecule has 6 nitrogen and oxygen atoms in total. The van der Waals surface area contributed by atoms with Crippen molar-refractivity contribution in [1.29, 1.82) is 0 Å². The first-order valence-corrected chi connectivity index (χ1v) is 7.55. The summed E-state index contributed by atoms with van der Waals surface area (Å²) in [6.07, 6.45) is 1.62. The van der Waals surface area contributed by atoms with Gasteiger partial charge in [-0.05, 0) is 42.0 Å². The first-order chi connectivity index (χ1) is 11.6. The van der Waals surface area contributed by atoms with E-state index in [-0.39, 0.29) is 12.5 Å². The highest BCUT2D eigenvalue weighted by Gasteiger charge is 2.00. The molecule has 0 spiro atoms. The summed E-state index contributed by atoms with van der Waals surface area (Å²) in [5, 5.41) is 6.97. The van der Waals surface area contributed by atoms with Crippen LogP contribution in [0.1, 0.15) is 5.56 Å². The van der Waals surface area contributed by atoms with Crippen LogP contribution in [0, 0.1) is 0 Å². The first-order valence-electron chi connectivity index (χ1n) is 7.55. The molecule has 0 saturated heterocycles. The molecule has 0 fully saturated rings. The lowest BCUT2D eigenvalue weighted by molar-refractivity contribution is -0.119. The molecule has 0 radical (unpaired) electrons. The summed E-state index contributed by atoms with van der Waals surface area (Å²) in [7, 11) is 5.58. The Balaban J connectivity index is 1.77. The summed E-state index contributed by atoms with van der Waals surface area (Å²) in [6.45, 7) is 0.142. The molecule has 2 aromatic carbocycles. The SMILES string of the molecule is COc1ccc(NCC(=O)N/N=C/c2ccc(N(C)C)cc2)cc1. The number of ether oxygens (including phenoxy) is 1. The highest BCUT2D eigenvalue weighted by atomic mass is 16.5. The Hall–Kier alpha value is -3.02. The van der Waals surface area contributed by atoms with Gasteiger partial charge in [-0.3, -0.25) is 4.79 Å². The zero-order valence-corrected chi connectivity index (χ0v) is 14.1. The van der Waals surface area contributed by atoms with Gasteiger partial charge in [0.1, 0.15) is 5.75 Å². The number of nitrogens with one attached hydrogen (secondary N) is 2. The molecule has 2 N–H and O–H groups in total. The van der Waals surface area contributed by atoms with Crippen LogP contribution < -0.4 is 20.4 Å². The minimum absolute atomic E-state index is 0.142. The van der Waals surface area contributed by atoms with E-state index >= 15 is 0 Å². The average Bonchev–Trinajstić information content (AvgIpc) is 2.61. The van der Waals surface area contributed by atoms with Crippen LogP contribution in [0.5, 0.6) is 5.75 Å². The maximum Gasteiger partial charge on any atom is 0.259 e. The number of amides is 1. The second-order valence-corrected chi connectivity index (χ2v) is 5.36. The Morgan fingerprint density at radius 1 is 1.12 bits per heavy atom. The van der Waals surface area contributed by atoms with E-state index in [0.717, 1.165) is 22.7 Å².